The number of unbranched alkanes of at least 4 members (excludes halogenated alkanes) is 1. The van der Waals surface area contributed by atoms with E-state index in [1.54, 1.807) is 6.07 Å². The summed E-state index contributed by atoms with van der Waals surface area (Å²) in [4.78, 5) is 24.8. The van der Waals surface area contributed by atoms with Crippen molar-refractivity contribution in [2.75, 3.05) is 0 Å². The second kappa shape index (κ2) is 14.2. The molecule has 2 amide bonds. The molecule has 0 spiro atoms. The van der Waals surface area contributed by atoms with Gasteiger partial charge in [0.05, 0.1) is 6.20 Å². The number of nitrogens with one attached hydrogen (secondary N) is 2. The summed E-state index contributed by atoms with van der Waals surface area (Å²) < 4.78 is 83.6. The molecule has 0 fully saturated rings. The fourth-order valence-corrected chi connectivity index (χ4v) is 4.54. The Balaban J connectivity index is 1.16. The number of carbonyl (C=O) groups is 2. The van der Waals surface area contributed by atoms with Crippen molar-refractivity contribution in [1.29, 1.82) is 0 Å². The molecule has 0 bridgehead atoms. The Morgan fingerprint density at radius 2 is 1.39 bits per heavy atom. The Morgan fingerprint density at radius 1 is 0.795 bits per heavy atom. The molecule has 2 heterocycles. The highest BCUT2D eigenvalue weighted by Crippen LogP contribution is 2.24. The Hall–Kier alpha value is -4.74. The molecule has 0 unspecified atom stereocenters. The molecule has 0 aliphatic carbocycles. The van der Waals surface area contributed by atoms with Gasteiger partial charge in [0.1, 0.15) is 16.5 Å². The number of halogens is 6. The topological polar surface area (TPSA) is 133 Å². The largest absolute Gasteiger partial charge is 0.573 e. The summed E-state index contributed by atoms with van der Waals surface area (Å²) in [5.41, 5.74) is 0.838. The van der Waals surface area contributed by atoms with Gasteiger partial charge in [-0.3, -0.25) is 14.3 Å². The maximum atomic E-state index is 12.4. The maximum absolute atomic E-state index is 12.4. The van der Waals surface area contributed by atoms with E-state index in [0.717, 1.165) is 29.5 Å². The first-order valence-corrected chi connectivity index (χ1v) is 13.6. The van der Waals surface area contributed by atoms with Gasteiger partial charge in [0.2, 0.25) is 5.01 Å². The molecule has 2 aromatic heterocycles. The molecule has 0 aliphatic rings. The van der Waals surface area contributed by atoms with E-state index < -0.39 is 36.0 Å². The fourth-order valence-electron chi connectivity index (χ4n) is 3.74. The van der Waals surface area contributed by atoms with Gasteiger partial charge in [-0.05, 0) is 48.2 Å². The number of amides is 2. The van der Waals surface area contributed by atoms with Crippen LogP contribution in [0.1, 0.15) is 49.3 Å². The van der Waals surface area contributed by atoms with Crippen molar-refractivity contribution in [2.24, 2.45) is 0 Å². The van der Waals surface area contributed by atoms with Crippen LogP contribution in [0.4, 0.5) is 26.3 Å². The fraction of sp³-hybridized carbons (Fsp3) is 0.308. The Morgan fingerprint density at radius 3 is 1.98 bits per heavy atom. The molecule has 2 N–H and O–H groups in total. The highest BCUT2D eigenvalue weighted by Gasteiger charge is 2.31. The molecule has 0 radical (unpaired) electrons. The summed E-state index contributed by atoms with van der Waals surface area (Å²) in [6, 6.07) is 10.5. The number of rotatable bonds is 13. The normalized spacial score (nSPS) is 11.7. The molecule has 234 valence electrons. The van der Waals surface area contributed by atoms with Gasteiger partial charge in [-0.25, -0.2) is 0 Å². The molecule has 0 atom stereocenters. The molecule has 0 aliphatic heterocycles. The molecular weight excluding hydrogens is 620 g/mol. The molecule has 2 aromatic carbocycles. The van der Waals surface area contributed by atoms with Crippen LogP contribution in [0.15, 0.2) is 54.7 Å². The van der Waals surface area contributed by atoms with Crippen molar-refractivity contribution in [3.8, 4) is 11.5 Å². The van der Waals surface area contributed by atoms with Crippen LogP contribution in [0.25, 0.3) is 0 Å². The van der Waals surface area contributed by atoms with Gasteiger partial charge < -0.3 is 20.1 Å². The molecule has 11 nitrogen and oxygen atoms in total. The van der Waals surface area contributed by atoms with Crippen LogP contribution in [0, 0.1) is 0 Å². The summed E-state index contributed by atoms with van der Waals surface area (Å²) >= 11 is 1.09. The lowest BCUT2D eigenvalue weighted by Crippen LogP contribution is -2.23. The third-order valence-corrected chi connectivity index (χ3v) is 6.61. The van der Waals surface area contributed by atoms with Gasteiger partial charge in [0.25, 0.3) is 11.8 Å². The molecule has 18 heteroatoms. The van der Waals surface area contributed by atoms with Gasteiger partial charge in [-0.15, -0.1) is 41.6 Å². The van der Waals surface area contributed by atoms with Gasteiger partial charge in [-0.2, -0.15) is 0 Å². The first-order chi connectivity index (χ1) is 20.8. The van der Waals surface area contributed by atoms with Crippen LogP contribution >= 0.6 is 11.3 Å². The summed E-state index contributed by atoms with van der Waals surface area (Å²) in [7, 11) is 0. The first-order valence-electron chi connectivity index (χ1n) is 12.8. The Kier molecular flexibility index (Phi) is 10.4. The number of nitrogens with zero attached hydrogens (tertiary/aromatic N) is 5. The minimum atomic E-state index is -4.82. The Bertz CT molecular complexity index is 1460. The lowest BCUT2D eigenvalue weighted by atomic mass is 10.2. The zero-order chi connectivity index (χ0) is 31.7. The van der Waals surface area contributed by atoms with Crippen LogP contribution in [0.3, 0.4) is 0 Å². The number of aryl methyl sites for hydroxylation is 2. The van der Waals surface area contributed by atoms with Crippen LogP contribution in [-0.4, -0.2) is 49.7 Å². The van der Waals surface area contributed by atoms with Gasteiger partial charge >= 0.3 is 12.7 Å². The number of alkyl halides is 6. The van der Waals surface area contributed by atoms with Gasteiger partial charge in [0.15, 0.2) is 5.69 Å². The lowest BCUT2D eigenvalue weighted by Gasteiger charge is -2.10. The van der Waals surface area contributed by atoms with E-state index in [9.17, 15) is 35.9 Å². The van der Waals surface area contributed by atoms with E-state index >= 15 is 0 Å². The van der Waals surface area contributed by atoms with Crippen molar-refractivity contribution in [2.45, 2.75) is 51.6 Å². The number of benzene rings is 2. The number of carbonyl (C=O) groups excluding carboxylic acids is 2. The molecule has 4 rings (SSSR count). The van der Waals surface area contributed by atoms with Crippen LogP contribution in [0.2, 0.25) is 0 Å². The Labute approximate surface area is 249 Å². The average Bonchev–Trinajstić information content (AvgIpc) is 3.62. The van der Waals surface area contributed by atoms with E-state index in [-0.39, 0.29) is 23.8 Å². The number of ether oxygens (including phenoxy) is 2. The number of hydrogen-bond donors (Lipinski definition) is 2. The average molecular weight is 644 g/mol. The molecule has 4 aromatic rings. The summed E-state index contributed by atoms with van der Waals surface area (Å²) in [5.74, 6) is -1.87. The summed E-state index contributed by atoms with van der Waals surface area (Å²) in [5, 5.41) is 21.5. The molecular formula is C26H23F6N7O4S. The van der Waals surface area contributed by atoms with E-state index in [4.69, 9.17) is 0 Å². The van der Waals surface area contributed by atoms with E-state index in [1.165, 1.54) is 35.1 Å². The van der Waals surface area contributed by atoms with E-state index in [1.807, 2.05) is 0 Å². The standard InChI is InChI=1S/C26H23F6N7O4S/c27-25(28,29)42-18-7-3-5-16(11-18)13-33-22(40)20-15-39(38-35-20)10-2-1-9-21-36-37-24(44-21)23(41)34-14-17-6-4-8-19(12-17)43-26(30,31)32/h3-8,11-12,15H,1-2,9-10,13-14H2,(H,33,40)(H,34,41). The molecule has 0 saturated heterocycles. The van der Waals surface area contributed by atoms with Crippen LogP contribution < -0.4 is 20.1 Å². The summed E-state index contributed by atoms with van der Waals surface area (Å²) in [6.07, 6.45) is -6.40. The maximum Gasteiger partial charge on any atom is 0.573 e. The third kappa shape index (κ3) is 10.5. The van der Waals surface area contributed by atoms with Crippen molar-refractivity contribution >= 4 is 23.2 Å². The smallest absolute Gasteiger partial charge is 0.406 e. The van der Waals surface area contributed by atoms with Crippen molar-refractivity contribution in [3.63, 3.8) is 0 Å². The predicted molar refractivity (Wildman–Crippen MR) is 141 cm³/mol. The quantitative estimate of drug-likeness (QED) is 0.157. The first kappa shape index (κ1) is 32.2. The monoisotopic (exact) mass is 643 g/mol. The van der Waals surface area contributed by atoms with Crippen LogP contribution in [-0.2, 0) is 26.1 Å². The van der Waals surface area contributed by atoms with Gasteiger partial charge in [0, 0.05) is 26.1 Å². The zero-order valence-electron chi connectivity index (χ0n) is 22.5. The van der Waals surface area contributed by atoms with E-state index in [2.05, 4.69) is 40.6 Å². The second-order valence-electron chi connectivity index (χ2n) is 9.08. The molecule has 0 saturated carbocycles. The second-order valence-corrected chi connectivity index (χ2v) is 10.1. The third-order valence-electron chi connectivity index (χ3n) is 5.63. The van der Waals surface area contributed by atoms with Crippen molar-refractivity contribution < 1.29 is 45.4 Å². The number of hydrogen-bond acceptors (Lipinski definition) is 9. The minimum Gasteiger partial charge on any atom is -0.406 e. The SMILES string of the molecule is O=C(NCc1cccc(OC(F)(F)F)c1)c1cn(CCCCc2nnc(C(=O)NCc3cccc(OC(F)(F)F)c3)s2)nn1. The van der Waals surface area contributed by atoms with Crippen molar-refractivity contribution in [1.82, 2.24) is 35.8 Å². The van der Waals surface area contributed by atoms with Crippen molar-refractivity contribution in [3.05, 3.63) is 81.6 Å². The highest BCUT2D eigenvalue weighted by atomic mass is 32.1. The minimum absolute atomic E-state index is 0.0343. The van der Waals surface area contributed by atoms with Crippen LogP contribution in [0.5, 0.6) is 11.5 Å². The number of aromatic nitrogens is 5. The van der Waals surface area contributed by atoms with Gasteiger partial charge in [-0.1, -0.05) is 40.8 Å². The highest BCUT2D eigenvalue weighted by molar-refractivity contribution is 7.13. The predicted octanol–water partition coefficient (Wildman–Crippen LogP) is 4.81. The van der Waals surface area contributed by atoms with E-state index in [0.29, 0.717) is 41.9 Å². The summed E-state index contributed by atoms with van der Waals surface area (Å²) in [6.45, 7) is 0.345. The zero-order valence-corrected chi connectivity index (χ0v) is 23.3. The lowest BCUT2D eigenvalue weighted by molar-refractivity contribution is -0.275. The molecule has 44 heavy (non-hydrogen) atoms.